The molecular weight excluding hydrogens is 402 g/mol. The Hall–Kier alpha value is -2.86. The smallest absolute Gasteiger partial charge is 0.325 e. The second kappa shape index (κ2) is 7.76. The van der Waals surface area contributed by atoms with Crippen LogP contribution in [0.25, 0.3) is 0 Å². The topological polar surface area (TPSA) is 69.7 Å². The Morgan fingerprint density at radius 2 is 1.93 bits per heavy atom. The predicted octanol–water partition coefficient (Wildman–Crippen LogP) is 3.68. The number of urea groups is 1. The van der Waals surface area contributed by atoms with E-state index in [1.54, 1.807) is 29.2 Å². The zero-order chi connectivity index (χ0) is 21.5. The highest BCUT2D eigenvalue weighted by Crippen LogP contribution is 2.31. The monoisotopic (exact) mass is 425 g/mol. The third-order valence-corrected chi connectivity index (χ3v) is 6.29. The standard InChI is InChI=1S/C23H24ClN3O3/c1-15-8-9-16(2)17(12-15)13-27-21(29)23(25-22(27)30)10-5-11-26(14-23)20(28)18-6-3-4-7-19(18)24/h3-4,6-9,12H,5,10-11,13-14H2,1-2H3,(H,25,30)/t23-/m1/s1. The number of carbonyl (C=O) groups is 3. The van der Waals surface area contributed by atoms with Crippen LogP contribution in [0.3, 0.4) is 0 Å². The lowest BCUT2D eigenvalue weighted by atomic mass is 9.88. The number of benzene rings is 2. The van der Waals surface area contributed by atoms with Gasteiger partial charge in [0, 0.05) is 6.54 Å². The van der Waals surface area contributed by atoms with Gasteiger partial charge in [0.1, 0.15) is 5.54 Å². The van der Waals surface area contributed by atoms with Gasteiger partial charge in [0.05, 0.1) is 23.7 Å². The van der Waals surface area contributed by atoms with Crippen molar-refractivity contribution in [3.63, 3.8) is 0 Å². The van der Waals surface area contributed by atoms with Crippen molar-refractivity contribution < 1.29 is 14.4 Å². The van der Waals surface area contributed by atoms with Crippen molar-refractivity contribution in [3.05, 3.63) is 69.7 Å². The Kier molecular flexibility index (Phi) is 5.28. The van der Waals surface area contributed by atoms with Crippen molar-refractivity contribution >= 4 is 29.4 Å². The van der Waals surface area contributed by atoms with Crippen molar-refractivity contribution in [1.29, 1.82) is 0 Å². The summed E-state index contributed by atoms with van der Waals surface area (Å²) in [5.74, 6) is -0.500. The van der Waals surface area contributed by atoms with Gasteiger partial charge in [-0.15, -0.1) is 0 Å². The minimum atomic E-state index is -1.08. The molecule has 0 saturated carbocycles. The number of amides is 4. The van der Waals surface area contributed by atoms with Gasteiger partial charge in [-0.25, -0.2) is 4.79 Å². The average Bonchev–Trinajstić information content (AvgIpc) is 2.94. The lowest BCUT2D eigenvalue weighted by Crippen LogP contribution is -2.59. The van der Waals surface area contributed by atoms with E-state index in [0.29, 0.717) is 30.0 Å². The van der Waals surface area contributed by atoms with Crippen molar-refractivity contribution in [2.24, 2.45) is 0 Å². The van der Waals surface area contributed by atoms with Crippen LogP contribution in [0.4, 0.5) is 4.79 Å². The minimum Gasteiger partial charge on any atom is -0.336 e. The summed E-state index contributed by atoms with van der Waals surface area (Å²) in [6.45, 7) is 4.83. The van der Waals surface area contributed by atoms with Gasteiger partial charge in [-0.1, -0.05) is 47.5 Å². The molecule has 2 saturated heterocycles. The van der Waals surface area contributed by atoms with Crippen LogP contribution >= 0.6 is 11.6 Å². The Bertz CT molecular complexity index is 1040. The van der Waals surface area contributed by atoms with Crippen LogP contribution in [0, 0.1) is 13.8 Å². The van der Waals surface area contributed by atoms with E-state index in [0.717, 1.165) is 16.7 Å². The van der Waals surface area contributed by atoms with Crippen molar-refractivity contribution in [3.8, 4) is 0 Å². The van der Waals surface area contributed by atoms with Crippen LogP contribution in [0.15, 0.2) is 42.5 Å². The number of nitrogens with one attached hydrogen (secondary N) is 1. The van der Waals surface area contributed by atoms with E-state index >= 15 is 0 Å². The molecule has 156 valence electrons. The second-order valence-electron chi connectivity index (χ2n) is 8.14. The number of halogens is 1. The zero-order valence-corrected chi connectivity index (χ0v) is 17.8. The Labute approximate surface area is 180 Å². The molecule has 1 spiro atoms. The van der Waals surface area contributed by atoms with Crippen LogP contribution < -0.4 is 5.32 Å². The van der Waals surface area contributed by atoms with Gasteiger partial charge in [-0.3, -0.25) is 14.5 Å². The molecule has 6 nitrogen and oxygen atoms in total. The summed E-state index contributed by atoms with van der Waals surface area (Å²) >= 11 is 6.19. The third-order valence-electron chi connectivity index (χ3n) is 5.96. The first-order valence-corrected chi connectivity index (χ1v) is 10.4. The van der Waals surface area contributed by atoms with Gasteiger partial charge in [-0.05, 0) is 49.9 Å². The Balaban J connectivity index is 1.56. The summed E-state index contributed by atoms with van der Waals surface area (Å²) in [5, 5.41) is 3.26. The van der Waals surface area contributed by atoms with Gasteiger partial charge in [0.2, 0.25) is 0 Å². The molecule has 1 N–H and O–H groups in total. The van der Waals surface area contributed by atoms with Gasteiger partial charge in [0.15, 0.2) is 0 Å². The maximum absolute atomic E-state index is 13.3. The van der Waals surface area contributed by atoms with E-state index in [4.69, 9.17) is 11.6 Å². The summed E-state index contributed by atoms with van der Waals surface area (Å²) in [7, 11) is 0. The normalized spacial score (nSPS) is 21.3. The van der Waals surface area contributed by atoms with E-state index in [1.165, 1.54) is 4.90 Å². The lowest BCUT2D eigenvalue weighted by molar-refractivity contribution is -0.133. The van der Waals surface area contributed by atoms with E-state index < -0.39 is 11.6 Å². The molecule has 0 aliphatic carbocycles. The number of rotatable bonds is 3. The molecule has 0 unspecified atom stereocenters. The molecule has 0 aromatic heterocycles. The predicted molar refractivity (Wildman–Crippen MR) is 114 cm³/mol. The van der Waals surface area contributed by atoms with Gasteiger partial charge >= 0.3 is 6.03 Å². The molecule has 7 heteroatoms. The van der Waals surface area contributed by atoms with Crippen LogP contribution in [-0.2, 0) is 11.3 Å². The molecule has 2 aliphatic heterocycles. The van der Waals surface area contributed by atoms with Crippen molar-refractivity contribution in [1.82, 2.24) is 15.1 Å². The maximum atomic E-state index is 13.3. The minimum absolute atomic E-state index is 0.144. The van der Waals surface area contributed by atoms with Crippen LogP contribution in [0.5, 0.6) is 0 Å². The number of hydrogen-bond donors (Lipinski definition) is 1. The SMILES string of the molecule is Cc1ccc(C)c(CN2C(=O)N[C@@]3(CCCN(C(=O)c4ccccc4Cl)C3)C2=O)c1. The van der Waals surface area contributed by atoms with Crippen molar-refractivity contribution in [2.75, 3.05) is 13.1 Å². The quantitative estimate of drug-likeness (QED) is 0.762. The highest BCUT2D eigenvalue weighted by atomic mass is 35.5. The van der Waals surface area contributed by atoms with E-state index in [2.05, 4.69) is 5.32 Å². The molecule has 2 heterocycles. The zero-order valence-electron chi connectivity index (χ0n) is 17.1. The molecule has 2 aromatic rings. The molecular formula is C23H24ClN3O3. The number of carbonyl (C=O) groups excluding carboxylic acids is 3. The molecule has 4 amide bonds. The van der Waals surface area contributed by atoms with Crippen molar-refractivity contribution in [2.45, 2.75) is 38.8 Å². The fourth-order valence-electron chi connectivity index (χ4n) is 4.27. The Morgan fingerprint density at radius 3 is 2.70 bits per heavy atom. The average molecular weight is 426 g/mol. The summed E-state index contributed by atoms with van der Waals surface area (Å²) in [5.41, 5.74) is 2.37. The molecule has 2 aliphatic rings. The summed E-state index contributed by atoms with van der Waals surface area (Å²) in [6, 6.07) is 12.4. The number of likely N-dealkylation sites (tertiary alicyclic amines) is 1. The fraction of sp³-hybridized carbons (Fsp3) is 0.348. The molecule has 2 fully saturated rings. The fourth-order valence-corrected chi connectivity index (χ4v) is 4.49. The molecule has 0 bridgehead atoms. The number of nitrogens with zero attached hydrogens (tertiary/aromatic N) is 2. The van der Waals surface area contributed by atoms with E-state index in [1.807, 2.05) is 32.0 Å². The first kappa shape index (κ1) is 20.4. The highest BCUT2D eigenvalue weighted by molar-refractivity contribution is 6.33. The first-order chi connectivity index (χ1) is 14.3. The van der Waals surface area contributed by atoms with Gasteiger partial charge in [-0.2, -0.15) is 0 Å². The van der Waals surface area contributed by atoms with Gasteiger partial charge in [0.25, 0.3) is 11.8 Å². The Morgan fingerprint density at radius 1 is 1.17 bits per heavy atom. The number of imide groups is 1. The lowest BCUT2D eigenvalue weighted by Gasteiger charge is -2.38. The number of hydrogen-bond acceptors (Lipinski definition) is 3. The highest BCUT2D eigenvalue weighted by Gasteiger charge is 2.53. The number of piperidine rings is 1. The molecule has 1 atom stereocenters. The van der Waals surface area contributed by atoms with Gasteiger partial charge < -0.3 is 10.2 Å². The molecule has 0 radical (unpaired) electrons. The van der Waals surface area contributed by atoms with Crippen LogP contribution in [0.2, 0.25) is 5.02 Å². The van der Waals surface area contributed by atoms with E-state index in [-0.39, 0.29) is 24.9 Å². The molecule has 2 aromatic carbocycles. The molecule has 4 rings (SSSR count). The summed E-state index contributed by atoms with van der Waals surface area (Å²) in [4.78, 5) is 42.0. The summed E-state index contributed by atoms with van der Waals surface area (Å²) < 4.78 is 0. The van der Waals surface area contributed by atoms with E-state index in [9.17, 15) is 14.4 Å². The summed E-state index contributed by atoms with van der Waals surface area (Å²) in [6.07, 6.45) is 1.13. The van der Waals surface area contributed by atoms with Crippen LogP contribution in [-0.4, -0.2) is 46.3 Å². The third kappa shape index (κ3) is 3.56. The van der Waals surface area contributed by atoms with Crippen LogP contribution in [0.1, 0.15) is 39.9 Å². The molecule has 30 heavy (non-hydrogen) atoms. The second-order valence-corrected chi connectivity index (χ2v) is 8.55. The largest absolute Gasteiger partial charge is 0.336 e. The maximum Gasteiger partial charge on any atom is 0.325 e. The first-order valence-electron chi connectivity index (χ1n) is 10.0. The number of aryl methyl sites for hydroxylation is 2.